The van der Waals surface area contributed by atoms with E-state index in [1.54, 1.807) is 6.92 Å². The van der Waals surface area contributed by atoms with Crippen LogP contribution in [0.25, 0.3) is 0 Å². The van der Waals surface area contributed by atoms with E-state index in [1.807, 2.05) is 13.8 Å². The summed E-state index contributed by atoms with van der Waals surface area (Å²) in [6.45, 7) is 5.43. The molecule has 5 nitrogen and oxygen atoms in total. The van der Waals surface area contributed by atoms with Gasteiger partial charge in [0.15, 0.2) is 0 Å². The van der Waals surface area contributed by atoms with Gasteiger partial charge in [0.2, 0.25) is 0 Å². The fourth-order valence-corrected chi connectivity index (χ4v) is 1.40. The average molecular weight is 207 g/mol. The van der Waals surface area contributed by atoms with E-state index in [0.717, 1.165) is 0 Å². The van der Waals surface area contributed by atoms with Crippen LogP contribution in [0, 0.1) is 0 Å². The molecule has 0 spiro atoms. The van der Waals surface area contributed by atoms with Gasteiger partial charge in [-0.1, -0.05) is 20.8 Å². The highest BCUT2D eigenvalue weighted by molar-refractivity contribution is 5.57. The molecule has 0 rings (SSSR count). The predicted octanol–water partition coefficient (Wildman–Crippen LogP) is 2.17. The molecular formula is C9H21NO4. The first-order valence-electron chi connectivity index (χ1n) is 4.62. The number of carboxylic acid groups (broad SMARTS) is 1. The summed E-state index contributed by atoms with van der Waals surface area (Å²) in [6.07, 6.45) is -0.470. The van der Waals surface area contributed by atoms with Crippen LogP contribution in [0.1, 0.15) is 40.0 Å². The molecule has 86 valence electrons. The number of carbonyl (C=O) groups is 1. The van der Waals surface area contributed by atoms with Gasteiger partial charge < -0.3 is 21.1 Å². The second-order valence-corrected chi connectivity index (χ2v) is 3.09. The fraction of sp³-hybridized carbons (Fsp3) is 0.889. The van der Waals surface area contributed by atoms with Gasteiger partial charge in [-0.2, -0.15) is 0 Å². The molecule has 0 aliphatic heterocycles. The van der Waals surface area contributed by atoms with Crippen molar-refractivity contribution in [1.29, 1.82) is 0 Å². The third-order valence-corrected chi connectivity index (χ3v) is 2.44. The maximum atomic E-state index is 10.3. The number of rotatable bonds is 5. The molecule has 0 saturated heterocycles. The highest BCUT2D eigenvalue weighted by Crippen LogP contribution is 2.24. The zero-order chi connectivity index (χ0) is 10.5. The van der Waals surface area contributed by atoms with Crippen LogP contribution < -0.4 is 6.15 Å². The first-order chi connectivity index (χ1) is 6.00. The van der Waals surface area contributed by atoms with E-state index in [1.165, 1.54) is 0 Å². The average Bonchev–Trinajstić information content (AvgIpc) is 2.12. The van der Waals surface area contributed by atoms with E-state index in [2.05, 4.69) is 4.74 Å². The maximum absolute atomic E-state index is 10.3. The fourth-order valence-electron chi connectivity index (χ4n) is 1.40. The van der Waals surface area contributed by atoms with Gasteiger partial charge in [-0.15, -0.1) is 0 Å². The van der Waals surface area contributed by atoms with Gasteiger partial charge in [0.05, 0.1) is 0 Å². The number of hydrogen-bond acceptors (Lipinski definition) is 4. The Morgan fingerprint density at radius 3 is 2.00 bits per heavy atom. The Morgan fingerprint density at radius 2 is 1.79 bits per heavy atom. The minimum Gasteiger partial charge on any atom is -0.450 e. The molecule has 0 heterocycles. The molecule has 0 aromatic carbocycles. The Bertz CT molecular complexity index is 168. The summed E-state index contributed by atoms with van der Waals surface area (Å²) in [6, 6.07) is 0. The third-order valence-electron chi connectivity index (χ3n) is 2.44. The highest BCUT2D eigenvalue weighted by atomic mass is 16.7. The molecule has 5 N–H and O–H groups in total. The summed E-state index contributed by atoms with van der Waals surface area (Å²) in [7, 11) is 0. The van der Waals surface area contributed by atoms with Crippen molar-refractivity contribution in [2.45, 2.75) is 51.7 Å². The standard InChI is InChI=1S/C9H18O4.H3N/c1-4-7(13-8(10)11)9(12,5-2)6-3;/h7,12H,4-6H2,1-3H3,(H,10,11);1H3. The lowest BCUT2D eigenvalue weighted by Gasteiger charge is -2.32. The van der Waals surface area contributed by atoms with Gasteiger partial charge in [-0.3, -0.25) is 0 Å². The van der Waals surface area contributed by atoms with Crippen molar-refractivity contribution < 1.29 is 19.7 Å². The monoisotopic (exact) mass is 207 g/mol. The zero-order valence-corrected chi connectivity index (χ0v) is 9.12. The van der Waals surface area contributed by atoms with Crippen molar-refractivity contribution in [2.24, 2.45) is 0 Å². The maximum Gasteiger partial charge on any atom is 0.506 e. The number of ether oxygens (including phenoxy) is 1. The van der Waals surface area contributed by atoms with Crippen LogP contribution >= 0.6 is 0 Å². The van der Waals surface area contributed by atoms with E-state index in [-0.39, 0.29) is 6.15 Å². The lowest BCUT2D eigenvalue weighted by Crippen LogP contribution is -2.43. The van der Waals surface area contributed by atoms with Crippen molar-refractivity contribution in [1.82, 2.24) is 6.15 Å². The van der Waals surface area contributed by atoms with Crippen molar-refractivity contribution in [2.75, 3.05) is 0 Å². The van der Waals surface area contributed by atoms with Gasteiger partial charge >= 0.3 is 6.16 Å². The lowest BCUT2D eigenvalue weighted by molar-refractivity contribution is -0.0953. The van der Waals surface area contributed by atoms with E-state index < -0.39 is 17.9 Å². The second kappa shape index (κ2) is 6.62. The van der Waals surface area contributed by atoms with Gasteiger partial charge in [-0.25, -0.2) is 4.79 Å². The van der Waals surface area contributed by atoms with Crippen LogP contribution in [0.5, 0.6) is 0 Å². The van der Waals surface area contributed by atoms with E-state index in [9.17, 15) is 9.90 Å². The van der Waals surface area contributed by atoms with Crippen molar-refractivity contribution in [3.8, 4) is 0 Å². The van der Waals surface area contributed by atoms with Crippen LogP contribution in [0.15, 0.2) is 0 Å². The first-order valence-corrected chi connectivity index (χ1v) is 4.62. The summed E-state index contributed by atoms with van der Waals surface area (Å²) in [4.78, 5) is 10.3. The molecule has 0 aromatic rings. The molecule has 0 saturated carbocycles. The largest absolute Gasteiger partial charge is 0.506 e. The van der Waals surface area contributed by atoms with Crippen LogP contribution in [-0.4, -0.2) is 28.1 Å². The van der Waals surface area contributed by atoms with Crippen molar-refractivity contribution in [3.63, 3.8) is 0 Å². The van der Waals surface area contributed by atoms with Crippen LogP contribution in [0.4, 0.5) is 4.79 Å². The molecule has 5 heteroatoms. The Balaban J connectivity index is 0. The van der Waals surface area contributed by atoms with E-state index >= 15 is 0 Å². The molecule has 0 bridgehead atoms. The number of hydrogen-bond donors (Lipinski definition) is 3. The van der Waals surface area contributed by atoms with Crippen molar-refractivity contribution in [3.05, 3.63) is 0 Å². The molecular weight excluding hydrogens is 186 g/mol. The summed E-state index contributed by atoms with van der Waals surface area (Å²) >= 11 is 0. The molecule has 1 unspecified atom stereocenters. The molecule has 0 aliphatic rings. The predicted molar refractivity (Wildman–Crippen MR) is 53.7 cm³/mol. The van der Waals surface area contributed by atoms with Gasteiger partial charge in [-0.05, 0) is 19.3 Å². The molecule has 14 heavy (non-hydrogen) atoms. The van der Waals surface area contributed by atoms with Crippen LogP contribution in [-0.2, 0) is 4.74 Å². The second-order valence-electron chi connectivity index (χ2n) is 3.09. The summed E-state index contributed by atoms with van der Waals surface area (Å²) in [5.74, 6) is 0. The third kappa shape index (κ3) is 3.93. The minimum atomic E-state index is -1.33. The van der Waals surface area contributed by atoms with Gasteiger partial charge in [0.25, 0.3) is 0 Å². The quantitative estimate of drug-likeness (QED) is 0.599. The topological polar surface area (TPSA) is 102 Å². The van der Waals surface area contributed by atoms with Crippen molar-refractivity contribution >= 4 is 6.16 Å². The molecule has 0 aromatic heterocycles. The SMILES string of the molecule is CCC(OC(=O)O)C(O)(CC)CC.N. The summed E-state index contributed by atoms with van der Waals surface area (Å²) in [5.41, 5.74) is -1.02. The smallest absolute Gasteiger partial charge is 0.450 e. The number of aliphatic hydroxyl groups is 1. The summed E-state index contributed by atoms with van der Waals surface area (Å²) < 4.78 is 4.61. The zero-order valence-electron chi connectivity index (χ0n) is 9.12. The van der Waals surface area contributed by atoms with Gasteiger partial charge in [0.1, 0.15) is 11.7 Å². The Labute approximate surface area is 84.7 Å². The minimum absolute atomic E-state index is 0. The normalized spacial score (nSPS) is 12.9. The molecule has 0 aliphatic carbocycles. The van der Waals surface area contributed by atoms with Crippen LogP contribution in [0.3, 0.4) is 0 Å². The highest BCUT2D eigenvalue weighted by Gasteiger charge is 2.35. The molecule has 1 atom stereocenters. The Morgan fingerprint density at radius 1 is 1.36 bits per heavy atom. The molecule has 0 fully saturated rings. The summed E-state index contributed by atoms with van der Waals surface area (Å²) in [5, 5.41) is 18.4. The molecule has 0 amide bonds. The van der Waals surface area contributed by atoms with Crippen LogP contribution in [0.2, 0.25) is 0 Å². The van der Waals surface area contributed by atoms with Gasteiger partial charge in [0, 0.05) is 0 Å². The first kappa shape index (κ1) is 15.7. The molecule has 0 radical (unpaired) electrons. The Kier molecular flexibility index (Phi) is 7.40. The van der Waals surface area contributed by atoms with E-state index in [4.69, 9.17) is 5.11 Å². The Hall–Kier alpha value is -0.810. The van der Waals surface area contributed by atoms with E-state index in [0.29, 0.717) is 19.3 Å². The lowest BCUT2D eigenvalue weighted by atomic mass is 9.89.